The second-order valence-electron chi connectivity index (χ2n) is 4.69. The van der Waals surface area contributed by atoms with Crippen LogP contribution in [-0.4, -0.2) is 46.6 Å². The van der Waals surface area contributed by atoms with E-state index >= 15 is 0 Å². The Kier molecular flexibility index (Phi) is 4.94. The lowest BCUT2D eigenvalue weighted by Gasteiger charge is -2.18. The molecule has 19 heavy (non-hydrogen) atoms. The van der Waals surface area contributed by atoms with Gasteiger partial charge in [-0.1, -0.05) is 12.1 Å². The fraction of sp³-hybridized carbons (Fsp3) is 0.462. The van der Waals surface area contributed by atoms with Crippen LogP contribution in [0.15, 0.2) is 24.3 Å². The summed E-state index contributed by atoms with van der Waals surface area (Å²) in [5.74, 6) is -0.203. The predicted molar refractivity (Wildman–Crippen MR) is 76.9 cm³/mol. The molecule has 0 aliphatic heterocycles. The van der Waals surface area contributed by atoms with Gasteiger partial charge in [-0.2, -0.15) is 0 Å². The number of hydrogen-bond acceptors (Lipinski definition) is 4. The number of carbonyl (C=O) groups excluding carboxylic acids is 1. The van der Waals surface area contributed by atoms with Gasteiger partial charge in [-0.25, -0.2) is 8.42 Å². The first-order valence-electron chi connectivity index (χ1n) is 5.92. The van der Waals surface area contributed by atoms with E-state index in [4.69, 9.17) is 0 Å². The lowest BCUT2D eigenvalue weighted by molar-refractivity contribution is -0.128. The van der Waals surface area contributed by atoms with E-state index in [1.54, 1.807) is 39.3 Å². The largest absolute Gasteiger partial charge is 0.388 e. The second kappa shape index (κ2) is 6.06. The average Bonchev–Trinajstić information content (AvgIpc) is 2.34. The molecule has 0 aliphatic carbocycles. The Labute approximate surface area is 114 Å². The number of sulfone groups is 1. The Balaban J connectivity index is 3.14. The highest BCUT2D eigenvalue weighted by Gasteiger charge is 2.26. The number of hydrogen-bond donors (Lipinski definition) is 1. The molecule has 6 heteroatoms. The first-order valence-corrected chi connectivity index (χ1v) is 7.88. The van der Waals surface area contributed by atoms with Gasteiger partial charge in [0.1, 0.15) is 0 Å². The molecule has 1 aromatic rings. The van der Waals surface area contributed by atoms with Crippen molar-refractivity contribution in [2.24, 2.45) is 0 Å². The Hall–Kier alpha value is -1.56. The van der Waals surface area contributed by atoms with Crippen LogP contribution in [0, 0.1) is 0 Å². The van der Waals surface area contributed by atoms with Crippen molar-refractivity contribution in [2.45, 2.75) is 11.7 Å². The third kappa shape index (κ3) is 4.24. The van der Waals surface area contributed by atoms with Gasteiger partial charge in [0.15, 0.2) is 9.84 Å². The highest BCUT2D eigenvalue weighted by Crippen LogP contribution is 2.27. The van der Waals surface area contributed by atoms with Gasteiger partial charge < -0.3 is 10.2 Å². The Morgan fingerprint density at radius 2 is 2.00 bits per heavy atom. The lowest BCUT2D eigenvalue weighted by atomic mass is 10.1. The zero-order chi connectivity index (χ0) is 14.6. The van der Waals surface area contributed by atoms with E-state index in [2.05, 4.69) is 5.32 Å². The van der Waals surface area contributed by atoms with Crippen LogP contribution in [0.1, 0.15) is 17.2 Å². The van der Waals surface area contributed by atoms with Crippen molar-refractivity contribution in [3.05, 3.63) is 29.8 Å². The monoisotopic (exact) mass is 284 g/mol. The van der Waals surface area contributed by atoms with Gasteiger partial charge in [-0.15, -0.1) is 0 Å². The van der Waals surface area contributed by atoms with Gasteiger partial charge in [-0.3, -0.25) is 4.79 Å². The standard InChI is InChI=1S/C13H20N2O3S/c1-14-11-7-5-6-10(8-11)12(19(4,17)18)9-13(16)15(2)3/h5-8,12,14H,9H2,1-4H3. The topological polar surface area (TPSA) is 66.5 Å². The van der Waals surface area contributed by atoms with Gasteiger partial charge >= 0.3 is 0 Å². The third-order valence-electron chi connectivity index (χ3n) is 2.92. The number of anilines is 1. The number of nitrogens with one attached hydrogen (secondary N) is 1. The maximum Gasteiger partial charge on any atom is 0.223 e. The molecule has 0 aromatic heterocycles. The van der Waals surface area contributed by atoms with Crippen molar-refractivity contribution in [3.8, 4) is 0 Å². The van der Waals surface area contributed by atoms with Crippen molar-refractivity contribution >= 4 is 21.4 Å². The lowest BCUT2D eigenvalue weighted by Crippen LogP contribution is -2.26. The van der Waals surface area contributed by atoms with Gasteiger partial charge in [0.05, 0.1) is 5.25 Å². The Morgan fingerprint density at radius 3 is 2.47 bits per heavy atom. The van der Waals surface area contributed by atoms with Crippen LogP contribution in [0.2, 0.25) is 0 Å². The fourth-order valence-electron chi connectivity index (χ4n) is 1.75. The maximum absolute atomic E-state index is 11.9. The zero-order valence-electron chi connectivity index (χ0n) is 11.7. The van der Waals surface area contributed by atoms with Crippen molar-refractivity contribution in [3.63, 3.8) is 0 Å². The second-order valence-corrected chi connectivity index (χ2v) is 6.91. The molecule has 0 fully saturated rings. The van der Waals surface area contributed by atoms with Crippen LogP contribution in [0.3, 0.4) is 0 Å². The molecular weight excluding hydrogens is 264 g/mol. The molecule has 0 radical (unpaired) electrons. The molecule has 1 N–H and O–H groups in total. The Bertz CT molecular complexity index is 553. The minimum atomic E-state index is -3.35. The van der Waals surface area contributed by atoms with E-state index in [9.17, 15) is 13.2 Å². The molecule has 1 aromatic carbocycles. The van der Waals surface area contributed by atoms with Gasteiger partial charge in [0.25, 0.3) is 0 Å². The molecule has 1 unspecified atom stereocenters. The molecule has 5 nitrogen and oxygen atoms in total. The molecule has 1 rings (SSSR count). The van der Waals surface area contributed by atoms with Crippen LogP contribution in [0.5, 0.6) is 0 Å². The summed E-state index contributed by atoms with van der Waals surface area (Å²) < 4.78 is 23.8. The summed E-state index contributed by atoms with van der Waals surface area (Å²) in [5.41, 5.74) is 1.45. The minimum absolute atomic E-state index is 0.0427. The van der Waals surface area contributed by atoms with E-state index in [-0.39, 0.29) is 12.3 Å². The van der Waals surface area contributed by atoms with Crippen molar-refractivity contribution in [1.82, 2.24) is 4.90 Å². The molecule has 0 heterocycles. The fourth-order valence-corrected chi connectivity index (χ4v) is 2.84. The summed E-state index contributed by atoms with van der Waals surface area (Å²) >= 11 is 0. The van der Waals surface area contributed by atoms with Crippen LogP contribution in [0.25, 0.3) is 0 Å². The molecule has 0 bridgehead atoms. The van der Waals surface area contributed by atoms with E-state index in [0.717, 1.165) is 11.9 Å². The van der Waals surface area contributed by atoms with Crippen LogP contribution >= 0.6 is 0 Å². The van der Waals surface area contributed by atoms with Crippen molar-refractivity contribution < 1.29 is 13.2 Å². The number of nitrogens with zero attached hydrogens (tertiary/aromatic N) is 1. The first-order chi connectivity index (χ1) is 8.75. The molecule has 0 spiro atoms. The van der Waals surface area contributed by atoms with Gasteiger partial charge in [-0.05, 0) is 17.7 Å². The summed E-state index contributed by atoms with van der Waals surface area (Å²) in [6.07, 6.45) is 1.12. The van der Waals surface area contributed by atoms with Crippen LogP contribution in [-0.2, 0) is 14.6 Å². The molecule has 1 amide bonds. The summed E-state index contributed by atoms with van der Waals surface area (Å²) in [6, 6.07) is 7.11. The normalized spacial score (nSPS) is 12.8. The van der Waals surface area contributed by atoms with E-state index in [1.807, 2.05) is 6.07 Å². The quantitative estimate of drug-likeness (QED) is 0.885. The molecular formula is C13H20N2O3S. The summed E-state index contributed by atoms with van der Waals surface area (Å²) in [5, 5.41) is 2.15. The number of amides is 1. The van der Waals surface area contributed by atoms with Crippen molar-refractivity contribution in [1.29, 1.82) is 0 Å². The zero-order valence-corrected chi connectivity index (χ0v) is 12.5. The number of benzene rings is 1. The number of rotatable bonds is 5. The molecule has 0 saturated carbocycles. The highest BCUT2D eigenvalue weighted by molar-refractivity contribution is 7.91. The predicted octanol–water partition coefficient (Wildman–Crippen LogP) is 1.29. The third-order valence-corrected chi connectivity index (χ3v) is 4.40. The van der Waals surface area contributed by atoms with E-state index < -0.39 is 15.1 Å². The first kappa shape index (κ1) is 15.5. The summed E-state index contributed by atoms with van der Waals surface area (Å²) in [6.45, 7) is 0. The summed E-state index contributed by atoms with van der Waals surface area (Å²) in [4.78, 5) is 13.2. The molecule has 106 valence electrons. The molecule has 1 atom stereocenters. The molecule has 0 saturated heterocycles. The molecule has 0 aliphatic rings. The number of carbonyl (C=O) groups is 1. The summed E-state index contributed by atoms with van der Waals surface area (Å²) in [7, 11) is 1.65. The Morgan fingerprint density at radius 1 is 1.37 bits per heavy atom. The van der Waals surface area contributed by atoms with Crippen molar-refractivity contribution in [2.75, 3.05) is 32.7 Å². The average molecular weight is 284 g/mol. The van der Waals surface area contributed by atoms with Crippen LogP contribution in [0.4, 0.5) is 5.69 Å². The minimum Gasteiger partial charge on any atom is -0.388 e. The van der Waals surface area contributed by atoms with Crippen LogP contribution < -0.4 is 5.32 Å². The highest BCUT2D eigenvalue weighted by atomic mass is 32.2. The smallest absolute Gasteiger partial charge is 0.223 e. The SMILES string of the molecule is CNc1cccc(C(CC(=O)N(C)C)S(C)(=O)=O)c1. The maximum atomic E-state index is 11.9. The van der Waals surface area contributed by atoms with E-state index in [0.29, 0.717) is 5.56 Å². The van der Waals surface area contributed by atoms with Gasteiger partial charge in [0.2, 0.25) is 5.91 Å². The van der Waals surface area contributed by atoms with Gasteiger partial charge in [0, 0.05) is 39.5 Å². The van der Waals surface area contributed by atoms with E-state index in [1.165, 1.54) is 4.90 Å².